The summed E-state index contributed by atoms with van der Waals surface area (Å²) in [5.41, 5.74) is 2.69. The van der Waals surface area contributed by atoms with Crippen LogP contribution in [0, 0.1) is 13.8 Å². The number of sulfonamides is 2. The van der Waals surface area contributed by atoms with Crippen LogP contribution in [0.5, 0.6) is 0 Å². The van der Waals surface area contributed by atoms with E-state index >= 15 is 0 Å². The molecule has 0 aliphatic heterocycles. The second-order valence-electron chi connectivity index (χ2n) is 8.54. The number of carbonyl (C=O) groups excluding carboxylic acids is 1. The smallest absolute Gasteiger partial charge is 0.262 e. The maximum Gasteiger partial charge on any atom is 0.262 e. The maximum atomic E-state index is 13.0. The monoisotopic (exact) mass is 569 g/mol. The second-order valence-corrected chi connectivity index (χ2v) is 12.3. The van der Waals surface area contributed by atoms with Crippen molar-refractivity contribution in [3.05, 3.63) is 113 Å². The van der Waals surface area contributed by atoms with Gasteiger partial charge >= 0.3 is 0 Å². The van der Waals surface area contributed by atoms with Gasteiger partial charge in [0.1, 0.15) is 0 Å². The van der Waals surface area contributed by atoms with Crippen LogP contribution >= 0.6 is 11.6 Å². The number of rotatable bonds is 8. The zero-order valence-corrected chi connectivity index (χ0v) is 22.8. The molecule has 196 valence electrons. The first-order valence-electron chi connectivity index (χ1n) is 11.3. The summed E-state index contributed by atoms with van der Waals surface area (Å²) in [4.78, 5) is 12.9. The molecule has 0 bridgehead atoms. The molecule has 38 heavy (non-hydrogen) atoms. The van der Waals surface area contributed by atoms with Crippen LogP contribution in [0.1, 0.15) is 21.5 Å². The average Bonchev–Trinajstić information content (AvgIpc) is 2.87. The van der Waals surface area contributed by atoms with E-state index in [0.29, 0.717) is 27.6 Å². The molecule has 0 saturated heterocycles. The molecular formula is C27H24ClN3O5S2. The minimum absolute atomic E-state index is 0.00338. The lowest BCUT2D eigenvalue weighted by Crippen LogP contribution is -2.17. The normalized spacial score (nSPS) is 11.6. The SMILES string of the molecule is Cc1ccc(NS(=O)(=O)c2cc(C(=O)Nc3ccc(S(=O)(=O)Nc4ccc(Cl)cc4)cc3)ccc2C)cc1. The van der Waals surface area contributed by atoms with Gasteiger partial charge in [-0.25, -0.2) is 16.8 Å². The number of aryl methyl sites for hydroxylation is 2. The zero-order valence-electron chi connectivity index (χ0n) is 20.4. The van der Waals surface area contributed by atoms with Gasteiger partial charge in [-0.1, -0.05) is 35.4 Å². The van der Waals surface area contributed by atoms with Gasteiger partial charge in [-0.2, -0.15) is 0 Å². The molecule has 0 aliphatic carbocycles. The molecule has 0 saturated carbocycles. The van der Waals surface area contributed by atoms with Crippen molar-refractivity contribution < 1.29 is 21.6 Å². The summed E-state index contributed by atoms with van der Waals surface area (Å²) in [5, 5.41) is 3.14. The largest absolute Gasteiger partial charge is 0.322 e. The molecule has 0 heterocycles. The number of carbonyl (C=O) groups is 1. The molecule has 0 unspecified atom stereocenters. The standard InChI is InChI=1S/C27H24ClN3O5S2/c1-18-3-9-23(10-4-18)31-38(35,36)26-17-20(6-5-19(26)2)27(32)29-22-13-15-25(16-14-22)37(33,34)30-24-11-7-21(28)8-12-24/h3-17,30-31H,1-2H3,(H,29,32). The predicted octanol–water partition coefficient (Wildman–Crippen LogP) is 5.81. The Hall–Kier alpha value is -3.86. The van der Waals surface area contributed by atoms with Crippen molar-refractivity contribution in [2.45, 2.75) is 23.6 Å². The van der Waals surface area contributed by atoms with Crippen LogP contribution in [0.15, 0.2) is 101 Å². The Morgan fingerprint density at radius 2 is 1.18 bits per heavy atom. The van der Waals surface area contributed by atoms with Gasteiger partial charge < -0.3 is 5.32 Å². The Morgan fingerprint density at radius 1 is 0.658 bits per heavy atom. The van der Waals surface area contributed by atoms with E-state index in [1.165, 1.54) is 36.4 Å². The second kappa shape index (κ2) is 10.9. The fourth-order valence-electron chi connectivity index (χ4n) is 3.52. The molecule has 4 aromatic rings. The van der Waals surface area contributed by atoms with E-state index in [2.05, 4.69) is 14.8 Å². The Balaban J connectivity index is 1.49. The fourth-order valence-corrected chi connectivity index (χ4v) is 6.03. The Labute approximate surface area is 226 Å². The minimum Gasteiger partial charge on any atom is -0.322 e. The molecule has 11 heteroatoms. The molecule has 0 atom stereocenters. The highest BCUT2D eigenvalue weighted by Gasteiger charge is 2.20. The summed E-state index contributed by atoms with van der Waals surface area (Å²) < 4.78 is 56.3. The van der Waals surface area contributed by atoms with Crippen molar-refractivity contribution in [2.75, 3.05) is 14.8 Å². The van der Waals surface area contributed by atoms with Crippen molar-refractivity contribution in [1.29, 1.82) is 0 Å². The van der Waals surface area contributed by atoms with Crippen molar-refractivity contribution in [3.63, 3.8) is 0 Å². The van der Waals surface area contributed by atoms with E-state index < -0.39 is 26.0 Å². The van der Waals surface area contributed by atoms with Crippen molar-refractivity contribution in [1.82, 2.24) is 0 Å². The van der Waals surface area contributed by atoms with Crippen LogP contribution in [-0.4, -0.2) is 22.7 Å². The molecule has 0 spiro atoms. The van der Waals surface area contributed by atoms with E-state index in [-0.39, 0.29) is 15.4 Å². The summed E-state index contributed by atoms with van der Waals surface area (Å²) in [6.45, 7) is 3.54. The predicted molar refractivity (Wildman–Crippen MR) is 150 cm³/mol. The third-order valence-corrected chi connectivity index (χ3v) is 8.74. The molecule has 4 aromatic carbocycles. The van der Waals surface area contributed by atoms with Crippen molar-refractivity contribution in [2.24, 2.45) is 0 Å². The molecule has 0 radical (unpaired) electrons. The maximum absolute atomic E-state index is 13.0. The highest BCUT2D eigenvalue weighted by atomic mass is 35.5. The van der Waals surface area contributed by atoms with Crippen molar-refractivity contribution >= 4 is 54.6 Å². The lowest BCUT2D eigenvalue weighted by Gasteiger charge is -2.13. The van der Waals surface area contributed by atoms with Gasteiger partial charge in [-0.15, -0.1) is 0 Å². The Bertz CT molecular complexity index is 1690. The number of anilines is 3. The van der Waals surface area contributed by atoms with Gasteiger partial charge in [0.05, 0.1) is 9.79 Å². The number of nitrogens with one attached hydrogen (secondary N) is 3. The quantitative estimate of drug-likeness (QED) is 0.247. The number of hydrogen-bond acceptors (Lipinski definition) is 5. The molecule has 0 aromatic heterocycles. The van der Waals surface area contributed by atoms with Crippen LogP contribution in [-0.2, 0) is 20.0 Å². The first-order chi connectivity index (χ1) is 17.9. The van der Waals surface area contributed by atoms with E-state index in [1.54, 1.807) is 61.5 Å². The summed E-state index contributed by atoms with van der Waals surface area (Å²) in [5.74, 6) is -0.549. The van der Waals surface area contributed by atoms with Crippen molar-refractivity contribution in [3.8, 4) is 0 Å². The average molecular weight is 570 g/mol. The van der Waals surface area contributed by atoms with E-state index in [9.17, 15) is 21.6 Å². The summed E-state index contributed by atoms with van der Waals surface area (Å²) in [7, 11) is -7.81. The summed E-state index contributed by atoms with van der Waals surface area (Å²) in [6, 6.07) is 23.1. The number of amides is 1. The van der Waals surface area contributed by atoms with Crippen LogP contribution in [0.4, 0.5) is 17.1 Å². The topological polar surface area (TPSA) is 121 Å². The molecular weight excluding hydrogens is 546 g/mol. The molecule has 4 rings (SSSR count). The van der Waals surface area contributed by atoms with Gasteiger partial charge in [0.2, 0.25) is 0 Å². The summed E-state index contributed by atoms with van der Waals surface area (Å²) >= 11 is 5.83. The molecule has 0 fully saturated rings. The molecule has 3 N–H and O–H groups in total. The van der Waals surface area contributed by atoms with Gasteiger partial charge in [0.15, 0.2) is 0 Å². The van der Waals surface area contributed by atoms with Crippen LogP contribution in [0.2, 0.25) is 5.02 Å². The van der Waals surface area contributed by atoms with Crippen LogP contribution in [0.3, 0.4) is 0 Å². The molecule has 8 nitrogen and oxygen atoms in total. The first kappa shape index (κ1) is 27.2. The lowest BCUT2D eigenvalue weighted by molar-refractivity contribution is 0.102. The molecule has 0 aliphatic rings. The van der Waals surface area contributed by atoms with E-state index in [0.717, 1.165) is 5.56 Å². The van der Waals surface area contributed by atoms with Crippen LogP contribution in [0.25, 0.3) is 0 Å². The van der Waals surface area contributed by atoms with Gasteiger partial charge in [0, 0.05) is 27.6 Å². The Morgan fingerprint density at radius 3 is 1.79 bits per heavy atom. The fraction of sp³-hybridized carbons (Fsp3) is 0.0741. The highest BCUT2D eigenvalue weighted by Crippen LogP contribution is 2.23. The van der Waals surface area contributed by atoms with Gasteiger partial charge in [-0.3, -0.25) is 14.2 Å². The zero-order chi connectivity index (χ0) is 27.5. The number of hydrogen-bond donors (Lipinski definition) is 3. The van der Waals surface area contributed by atoms with Crippen LogP contribution < -0.4 is 14.8 Å². The molecule has 1 amide bonds. The van der Waals surface area contributed by atoms with E-state index in [4.69, 9.17) is 11.6 Å². The third kappa shape index (κ3) is 6.52. The first-order valence-corrected chi connectivity index (χ1v) is 14.7. The van der Waals surface area contributed by atoms with Gasteiger partial charge in [-0.05, 0) is 92.2 Å². The Kier molecular flexibility index (Phi) is 7.77. The van der Waals surface area contributed by atoms with Gasteiger partial charge in [0.25, 0.3) is 26.0 Å². The number of halogens is 1. The minimum atomic E-state index is -3.95. The van der Waals surface area contributed by atoms with E-state index in [1.807, 2.05) is 6.92 Å². The number of benzene rings is 4. The lowest BCUT2D eigenvalue weighted by atomic mass is 10.1. The third-order valence-electron chi connectivity index (χ3n) is 5.56. The highest BCUT2D eigenvalue weighted by molar-refractivity contribution is 7.93. The summed E-state index contributed by atoms with van der Waals surface area (Å²) in [6.07, 6.45) is 0.